The molecule has 0 bridgehead atoms. The summed E-state index contributed by atoms with van der Waals surface area (Å²) in [5.41, 5.74) is 0.453. The third kappa shape index (κ3) is 2.82. The number of hydrogen-bond acceptors (Lipinski definition) is 7. The highest BCUT2D eigenvalue weighted by Gasteiger charge is 2.29. The van der Waals surface area contributed by atoms with Crippen molar-refractivity contribution in [3.05, 3.63) is 39.8 Å². The second kappa shape index (κ2) is 5.82. The molecule has 1 aliphatic rings. The van der Waals surface area contributed by atoms with Crippen LogP contribution in [0.2, 0.25) is 0 Å². The molecule has 24 heavy (non-hydrogen) atoms. The van der Waals surface area contributed by atoms with Crippen molar-refractivity contribution < 1.29 is 9.32 Å². The Bertz CT molecular complexity index is 955. The molecule has 8 nitrogen and oxygen atoms in total. The highest BCUT2D eigenvalue weighted by atomic mass is 32.1. The van der Waals surface area contributed by atoms with Crippen LogP contribution in [0.1, 0.15) is 30.5 Å². The Morgan fingerprint density at radius 1 is 1.50 bits per heavy atom. The van der Waals surface area contributed by atoms with Crippen LogP contribution in [0.5, 0.6) is 0 Å². The molecule has 1 fully saturated rings. The van der Waals surface area contributed by atoms with Crippen LogP contribution < -0.4 is 5.56 Å². The number of amides is 1. The van der Waals surface area contributed by atoms with Gasteiger partial charge in [-0.3, -0.25) is 14.2 Å². The zero-order valence-corrected chi connectivity index (χ0v) is 13.8. The smallest absolute Gasteiger partial charge is 0.271 e. The summed E-state index contributed by atoms with van der Waals surface area (Å²) < 4.78 is 7.06. The molecule has 0 atom stereocenters. The van der Waals surface area contributed by atoms with Crippen molar-refractivity contribution in [2.75, 3.05) is 7.05 Å². The first-order valence-corrected chi connectivity index (χ1v) is 8.49. The molecule has 0 saturated heterocycles. The van der Waals surface area contributed by atoms with Gasteiger partial charge in [0.25, 0.3) is 5.56 Å². The van der Waals surface area contributed by atoms with E-state index in [1.165, 1.54) is 27.1 Å². The molecule has 1 amide bonds. The van der Waals surface area contributed by atoms with Gasteiger partial charge < -0.3 is 9.42 Å². The molecule has 1 saturated carbocycles. The Morgan fingerprint density at radius 2 is 2.33 bits per heavy atom. The number of rotatable bonds is 5. The maximum absolute atomic E-state index is 12.4. The lowest BCUT2D eigenvalue weighted by molar-refractivity contribution is -0.131. The minimum Gasteiger partial charge on any atom is -0.339 e. The van der Waals surface area contributed by atoms with Gasteiger partial charge in [-0.05, 0) is 24.3 Å². The molecule has 0 aromatic carbocycles. The maximum Gasteiger partial charge on any atom is 0.271 e. The predicted molar refractivity (Wildman–Crippen MR) is 86.6 cm³/mol. The molecule has 4 rings (SSSR count). The van der Waals surface area contributed by atoms with Crippen molar-refractivity contribution in [2.45, 2.75) is 31.8 Å². The quantitative estimate of drug-likeness (QED) is 0.693. The lowest BCUT2D eigenvalue weighted by Gasteiger charge is -2.15. The number of carbonyl (C=O) groups is 1. The highest BCUT2D eigenvalue weighted by Crippen LogP contribution is 2.38. The zero-order valence-electron chi connectivity index (χ0n) is 13.0. The van der Waals surface area contributed by atoms with Crippen molar-refractivity contribution in [1.29, 1.82) is 0 Å². The molecule has 124 valence electrons. The topological polar surface area (TPSA) is 94.1 Å². The summed E-state index contributed by atoms with van der Waals surface area (Å²) in [6.45, 7) is 0.183. The molecule has 3 heterocycles. The third-order valence-corrected chi connectivity index (χ3v) is 4.85. The molecule has 0 radical (unpaired) electrons. The van der Waals surface area contributed by atoms with Crippen LogP contribution in [-0.4, -0.2) is 37.5 Å². The Labute approximate surface area is 140 Å². The lowest BCUT2D eigenvalue weighted by atomic mass is 10.4. The first kappa shape index (κ1) is 15.0. The van der Waals surface area contributed by atoms with Gasteiger partial charge in [0.15, 0.2) is 5.82 Å². The first-order chi connectivity index (χ1) is 11.6. The summed E-state index contributed by atoms with van der Waals surface area (Å²) >= 11 is 1.32. The van der Waals surface area contributed by atoms with Crippen LogP contribution in [0.15, 0.2) is 27.1 Å². The van der Waals surface area contributed by atoms with Crippen LogP contribution >= 0.6 is 11.3 Å². The van der Waals surface area contributed by atoms with Gasteiger partial charge in [0.2, 0.25) is 11.8 Å². The fourth-order valence-electron chi connectivity index (χ4n) is 2.39. The first-order valence-electron chi connectivity index (χ1n) is 7.61. The van der Waals surface area contributed by atoms with Crippen molar-refractivity contribution >= 4 is 27.5 Å². The van der Waals surface area contributed by atoms with Crippen molar-refractivity contribution in [2.24, 2.45) is 0 Å². The Hall–Kier alpha value is -2.55. The van der Waals surface area contributed by atoms with E-state index in [2.05, 4.69) is 15.1 Å². The van der Waals surface area contributed by atoms with E-state index in [0.29, 0.717) is 27.8 Å². The maximum atomic E-state index is 12.4. The largest absolute Gasteiger partial charge is 0.339 e. The van der Waals surface area contributed by atoms with E-state index in [9.17, 15) is 9.59 Å². The summed E-state index contributed by atoms with van der Waals surface area (Å²) in [5, 5.41) is 5.71. The van der Waals surface area contributed by atoms with E-state index in [0.717, 1.165) is 12.8 Å². The van der Waals surface area contributed by atoms with Gasteiger partial charge in [0.1, 0.15) is 11.2 Å². The van der Waals surface area contributed by atoms with E-state index in [-0.39, 0.29) is 24.6 Å². The zero-order chi connectivity index (χ0) is 16.7. The van der Waals surface area contributed by atoms with Crippen LogP contribution in [0, 0.1) is 0 Å². The van der Waals surface area contributed by atoms with E-state index in [1.807, 2.05) is 5.38 Å². The Balaban J connectivity index is 1.45. The summed E-state index contributed by atoms with van der Waals surface area (Å²) in [4.78, 5) is 34.6. The number of thiophene rings is 1. The van der Waals surface area contributed by atoms with E-state index in [1.54, 1.807) is 13.1 Å². The summed E-state index contributed by atoms with van der Waals surface area (Å²) in [6, 6.07) is 1.79. The highest BCUT2D eigenvalue weighted by molar-refractivity contribution is 7.17. The Morgan fingerprint density at radius 3 is 3.12 bits per heavy atom. The number of fused-ring (bicyclic) bond motifs is 1. The third-order valence-electron chi connectivity index (χ3n) is 3.96. The van der Waals surface area contributed by atoms with Gasteiger partial charge in [-0.1, -0.05) is 5.16 Å². The van der Waals surface area contributed by atoms with Crippen LogP contribution in [-0.2, 0) is 17.9 Å². The minimum absolute atomic E-state index is 0.0660. The summed E-state index contributed by atoms with van der Waals surface area (Å²) in [5.74, 6) is 1.29. The molecule has 1 aliphatic carbocycles. The summed E-state index contributed by atoms with van der Waals surface area (Å²) in [6.07, 6.45) is 3.57. The average Bonchev–Trinajstić information content (AvgIpc) is 3.12. The molecule has 0 unspecified atom stereocenters. The molecular weight excluding hydrogens is 330 g/mol. The number of carbonyl (C=O) groups excluding carboxylic acids is 1. The fourth-order valence-corrected chi connectivity index (χ4v) is 3.18. The molecular formula is C15H15N5O3S. The van der Waals surface area contributed by atoms with Gasteiger partial charge in [-0.25, -0.2) is 4.98 Å². The summed E-state index contributed by atoms with van der Waals surface area (Å²) in [7, 11) is 1.65. The number of aromatic nitrogens is 4. The molecule has 3 aromatic heterocycles. The van der Waals surface area contributed by atoms with E-state index < -0.39 is 0 Å². The van der Waals surface area contributed by atoms with Crippen molar-refractivity contribution in [1.82, 2.24) is 24.6 Å². The van der Waals surface area contributed by atoms with Gasteiger partial charge >= 0.3 is 0 Å². The normalized spacial score (nSPS) is 14.2. The van der Waals surface area contributed by atoms with Gasteiger partial charge in [-0.2, -0.15) is 4.98 Å². The molecule has 3 aromatic rings. The number of likely N-dealkylation sites (N-methyl/N-ethyl adjacent to an activating group) is 1. The molecule has 9 heteroatoms. The molecule has 0 N–H and O–H groups in total. The van der Waals surface area contributed by atoms with Gasteiger partial charge in [0, 0.05) is 13.0 Å². The van der Waals surface area contributed by atoms with Crippen molar-refractivity contribution in [3.63, 3.8) is 0 Å². The van der Waals surface area contributed by atoms with E-state index >= 15 is 0 Å². The molecule has 0 spiro atoms. The van der Waals surface area contributed by atoms with Crippen LogP contribution in [0.25, 0.3) is 10.2 Å². The van der Waals surface area contributed by atoms with E-state index in [4.69, 9.17) is 4.52 Å². The Kier molecular flexibility index (Phi) is 3.64. The van der Waals surface area contributed by atoms with Crippen molar-refractivity contribution in [3.8, 4) is 0 Å². The lowest BCUT2D eigenvalue weighted by Crippen LogP contribution is -2.33. The number of nitrogens with zero attached hydrogens (tertiary/aromatic N) is 5. The average molecular weight is 345 g/mol. The molecule has 0 aliphatic heterocycles. The SMILES string of the molecule is CN(Cc1noc(C2CC2)n1)C(=O)Cn1cnc2ccsc2c1=O. The number of hydrogen-bond donors (Lipinski definition) is 0. The monoisotopic (exact) mass is 345 g/mol. The van der Waals surface area contributed by atoms with Gasteiger partial charge in [0.05, 0.1) is 18.4 Å². The second-order valence-electron chi connectivity index (χ2n) is 5.89. The minimum atomic E-state index is -0.215. The fraction of sp³-hybridized carbons (Fsp3) is 0.400. The standard InChI is InChI=1S/C15H15N5O3S/c1-19(6-11-17-14(23-18-11)9-2-3-9)12(21)7-20-8-16-10-4-5-24-13(10)15(20)22/h4-5,8-9H,2-3,6-7H2,1H3. The van der Waals surface area contributed by atoms with Gasteiger partial charge in [-0.15, -0.1) is 11.3 Å². The second-order valence-corrected chi connectivity index (χ2v) is 6.80. The van der Waals surface area contributed by atoms with Crippen LogP contribution in [0.3, 0.4) is 0 Å². The predicted octanol–water partition coefficient (Wildman–Crippen LogP) is 1.38. The van der Waals surface area contributed by atoms with Crippen LogP contribution in [0.4, 0.5) is 0 Å².